The molecule has 0 aromatic carbocycles. The van der Waals surface area contributed by atoms with Crippen LogP contribution in [0.15, 0.2) is 6.33 Å². The van der Waals surface area contributed by atoms with Crippen LogP contribution in [0.5, 0.6) is 0 Å². The summed E-state index contributed by atoms with van der Waals surface area (Å²) in [6, 6.07) is 0. The summed E-state index contributed by atoms with van der Waals surface area (Å²) in [6.07, 6.45) is 4.93. The summed E-state index contributed by atoms with van der Waals surface area (Å²) in [5, 5.41) is 3.53. The Balaban J connectivity index is 2.21. The van der Waals surface area contributed by atoms with Crippen molar-refractivity contribution in [3.8, 4) is 0 Å². The van der Waals surface area contributed by atoms with Crippen LogP contribution < -0.4 is 11.1 Å². The molecule has 1 aliphatic heterocycles. The Hall–Kier alpha value is -0.870. The van der Waals surface area contributed by atoms with Gasteiger partial charge in [0.2, 0.25) is 0 Å². The number of rotatable bonds is 3. The lowest BCUT2D eigenvalue weighted by molar-refractivity contribution is 0.308. The molecule has 0 aliphatic carbocycles. The van der Waals surface area contributed by atoms with Gasteiger partial charge in [0, 0.05) is 18.7 Å². The van der Waals surface area contributed by atoms with E-state index in [0.29, 0.717) is 0 Å². The minimum Gasteiger partial charge on any atom is -0.348 e. The molecule has 0 spiro atoms. The summed E-state index contributed by atoms with van der Waals surface area (Å²) < 4.78 is 0. The highest BCUT2D eigenvalue weighted by Gasteiger charge is 2.33. The number of fused-ring (bicyclic) bond motifs is 1. The van der Waals surface area contributed by atoms with E-state index in [2.05, 4.69) is 22.2 Å². The highest BCUT2D eigenvalue weighted by atomic mass is 15.1. The Morgan fingerprint density at radius 3 is 3.29 bits per heavy atom. The first-order valence-electron chi connectivity index (χ1n) is 5.24. The third kappa shape index (κ3) is 1.55. The molecule has 1 aromatic rings. The van der Waals surface area contributed by atoms with Gasteiger partial charge in [0.15, 0.2) is 0 Å². The quantitative estimate of drug-likeness (QED) is 0.657. The lowest BCUT2D eigenvalue weighted by atomic mass is 9.87. The number of imidazole rings is 1. The molecule has 0 fully saturated rings. The van der Waals surface area contributed by atoms with Gasteiger partial charge in [-0.2, -0.15) is 0 Å². The second-order valence-electron chi connectivity index (χ2n) is 4.13. The zero-order chi connectivity index (χ0) is 10.0. The van der Waals surface area contributed by atoms with Crippen molar-refractivity contribution in [1.82, 2.24) is 15.3 Å². The van der Waals surface area contributed by atoms with Crippen molar-refractivity contribution in [2.45, 2.75) is 31.7 Å². The van der Waals surface area contributed by atoms with Gasteiger partial charge in [0.1, 0.15) is 0 Å². The Labute approximate surface area is 84.3 Å². The number of nitrogens with one attached hydrogen (secondary N) is 2. The number of nitrogens with zero attached hydrogens (tertiary/aromatic N) is 1. The zero-order valence-electron chi connectivity index (χ0n) is 8.64. The second kappa shape index (κ2) is 3.71. The molecule has 1 aliphatic rings. The summed E-state index contributed by atoms with van der Waals surface area (Å²) in [5.74, 6) is 0. The van der Waals surface area contributed by atoms with Crippen molar-refractivity contribution in [3.63, 3.8) is 0 Å². The van der Waals surface area contributed by atoms with Gasteiger partial charge in [-0.25, -0.2) is 4.98 Å². The fraction of sp³-hybridized carbons (Fsp3) is 0.700. The monoisotopic (exact) mass is 194 g/mol. The van der Waals surface area contributed by atoms with Crippen molar-refractivity contribution in [1.29, 1.82) is 0 Å². The standard InChI is InChI=1S/C10H18N4/c1-10(4-2-5-11)9-8(3-6-14-10)12-7-13-9/h7,14H,2-6,11H2,1H3,(H,12,13). The minimum atomic E-state index is 0.0208. The third-order valence-electron chi connectivity index (χ3n) is 3.01. The summed E-state index contributed by atoms with van der Waals surface area (Å²) in [7, 11) is 0. The van der Waals surface area contributed by atoms with Crippen LogP contribution in [-0.4, -0.2) is 23.1 Å². The smallest absolute Gasteiger partial charge is 0.0926 e. The van der Waals surface area contributed by atoms with Crippen LogP contribution in [0.1, 0.15) is 31.2 Å². The molecular weight excluding hydrogens is 176 g/mol. The van der Waals surface area contributed by atoms with E-state index in [1.807, 2.05) is 0 Å². The lowest BCUT2D eigenvalue weighted by Gasteiger charge is -2.34. The molecule has 4 heteroatoms. The van der Waals surface area contributed by atoms with Crippen LogP contribution >= 0.6 is 0 Å². The van der Waals surface area contributed by atoms with Crippen LogP contribution in [0.3, 0.4) is 0 Å². The van der Waals surface area contributed by atoms with E-state index in [0.717, 1.165) is 32.4 Å². The molecule has 0 saturated heterocycles. The molecule has 14 heavy (non-hydrogen) atoms. The molecular formula is C10H18N4. The number of aromatic amines is 1. The topological polar surface area (TPSA) is 66.7 Å². The first-order valence-corrected chi connectivity index (χ1v) is 5.24. The number of H-pyrrole nitrogens is 1. The van der Waals surface area contributed by atoms with E-state index in [1.165, 1.54) is 11.4 Å². The molecule has 0 bridgehead atoms. The summed E-state index contributed by atoms with van der Waals surface area (Å²) in [5.41, 5.74) is 8.02. The molecule has 0 amide bonds. The van der Waals surface area contributed by atoms with Crippen LogP contribution in [-0.2, 0) is 12.0 Å². The van der Waals surface area contributed by atoms with E-state index in [-0.39, 0.29) is 5.54 Å². The van der Waals surface area contributed by atoms with Gasteiger partial charge in [-0.3, -0.25) is 0 Å². The predicted octanol–water partition coefficient (Wildman–Crippen LogP) is 0.510. The summed E-state index contributed by atoms with van der Waals surface area (Å²) in [4.78, 5) is 7.61. The van der Waals surface area contributed by atoms with Gasteiger partial charge >= 0.3 is 0 Å². The van der Waals surface area contributed by atoms with Gasteiger partial charge in [-0.1, -0.05) is 0 Å². The largest absolute Gasteiger partial charge is 0.348 e. The Kier molecular flexibility index (Phi) is 2.56. The number of aromatic nitrogens is 2. The fourth-order valence-corrected chi connectivity index (χ4v) is 2.20. The van der Waals surface area contributed by atoms with Crippen molar-refractivity contribution in [2.75, 3.05) is 13.1 Å². The van der Waals surface area contributed by atoms with Gasteiger partial charge in [-0.15, -0.1) is 0 Å². The van der Waals surface area contributed by atoms with Gasteiger partial charge in [0.05, 0.1) is 17.6 Å². The minimum absolute atomic E-state index is 0.0208. The van der Waals surface area contributed by atoms with Crippen molar-refractivity contribution in [3.05, 3.63) is 17.7 Å². The molecule has 0 radical (unpaired) electrons. The maximum atomic E-state index is 5.54. The van der Waals surface area contributed by atoms with Crippen LogP contribution in [0.2, 0.25) is 0 Å². The third-order valence-corrected chi connectivity index (χ3v) is 3.01. The summed E-state index contributed by atoms with van der Waals surface area (Å²) in [6.45, 7) is 3.98. The van der Waals surface area contributed by atoms with Crippen molar-refractivity contribution in [2.24, 2.45) is 5.73 Å². The van der Waals surface area contributed by atoms with Gasteiger partial charge in [-0.05, 0) is 26.3 Å². The average molecular weight is 194 g/mol. The number of hydrogen-bond donors (Lipinski definition) is 3. The van der Waals surface area contributed by atoms with E-state index in [4.69, 9.17) is 5.73 Å². The number of hydrogen-bond acceptors (Lipinski definition) is 3. The molecule has 4 N–H and O–H groups in total. The molecule has 1 unspecified atom stereocenters. The van der Waals surface area contributed by atoms with E-state index >= 15 is 0 Å². The predicted molar refractivity (Wildman–Crippen MR) is 55.9 cm³/mol. The Morgan fingerprint density at radius 2 is 2.50 bits per heavy atom. The fourth-order valence-electron chi connectivity index (χ4n) is 2.20. The molecule has 78 valence electrons. The maximum Gasteiger partial charge on any atom is 0.0926 e. The van der Waals surface area contributed by atoms with Crippen LogP contribution in [0.4, 0.5) is 0 Å². The Morgan fingerprint density at radius 1 is 1.64 bits per heavy atom. The number of nitrogens with two attached hydrogens (primary N) is 1. The van der Waals surface area contributed by atoms with Crippen molar-refractivity contribution < 1.29 is 0 Å². The highest BCUT2D eigenvalue weighted by Crippen LogP contribution is 2.29. The van der Waals surface area contributed by atoms with E-state index < -0.39 is 0 Å². The molecule has 2 heterocycles. The lowest BCUT2D eigenvalue weighted by Crippen LogP contribution is -2.45. The van der Waals surface area contributed by atoms with E-state index in [1.54, 1.807) is 6.33 Å². The zero-order valence-corrected chi connectivity index (χ0v) is 8.64. The van der Waals surface area contributed by atoms with Crippen LogP contribution in [0, 0.1) is 0 Å². The first-order chi connectivity index (χ1) is 6.76. The molecule has 1 atom stereocenters. The molecule has 0 saturated carbocycles. The first kappa shape index (κ1) is 9.68. The second-order valence-corrected chi connectivity index (χ2v) is 4.13. The summed E-state index contributed by atoms with van der Waals surface area (Å²) >= 11 is 0. The Bertz CT molecular complexity index is 307. The van der Waals surface area contributed by atoms with Gasteiger partial charge < -0.3 is 16.0 Å². The maximum absolute atomic E-state index is 5.54. The highest BCUT2D eigenvalue weighted by molar-refractivity contribution is 5.24. The van der Waals surface area contributed by atoms with E-state index in [9.17, 15) is 0 Å². The van der Waals surface area contributed by atoms with Gasteiger partial charge in [0.25, 0.3) is 0 Å². The van der Waals surface area contributed by atoms with Crippen molar-refractivity contribution >= 4 is 0 Å². The molecule has 1 aromatic heterocycles. The normalized spacial score (nSPS) is 26.1. The molecule has 4 nitrogen and oxygen atoms in total. The SMILES string of the molecule is CC1(CCCN)NCCc2[nH]cnc21. The molecule has 2 rings (SSSR count). The average Bonchev–Trinajstić information content (AvgIpc) is 2.65. The van der Waals surface area contributed by atoms with Crippen LogP contribution in [0.25, 0.3) is 0 Å².